The Morgan fingerprint density at radius 2 is 1.44 bits per heavy atom. The van der Waals surface area contributed by atoms with Gasteiger partial charge in [-0.2, -0.15) is 26.3 Å². The lowest BCUT2D eigenvalue weighted by Gasteiger charge is -2.08. The zero-order chi connectivity index (χ0) is 19.8. The fourth-order valence-electron chi connectivity index (χ4n) is 2.07. The molecule has 142 valence electrons. The largest absolute Gasteiger partial charge is 0.451 e. The van der Waals surface area contributed by atoms with Gasteiger partial charge in [-0.05, 0) is 0 Å². The van der Waals surface area contributed by atoms with Gasteiger partial charge < -0.3 is 4.57 Å². The summed E-state index contributed by atoms with van der Waals surface area (Å²) in [5.41, 5.74) is -1.36. The summed E-state index contributed by atoms with van der Waals surface area (Å²) in [5, 5.41) is 0.233. The molecule has 0 aliphatic carbocycles. The first kappa shape index (κ1) is 19.0. The van der Waals surface area contributed by atoms with Crippen LogP contribution in [-0.2, 0) is 18.9 Å². The lowest BCUT2D eigenvalue weighted by atomic mass is 10.3. The van der Waals surface area contributed by atoms with Crippen molar-refractivity contribution in [3.05, 3.63) is 53.3 Å². The topological polar surface area (TPSA) is 69.4 Å². The summed E-state index contributed by atoms with van der Waals surface area (Å²) in [4.78, 5) is 17.5. The number of rotatable bonds is 3. The van der Waals surface area contributed by atoms with Crippen molar-refractivity contribution in [1.29, 1.82) is 0 Å². The van der Waals surface area contributed by atoms with Gasteiger partial charge in [0.15, 0.2) is 5.69 Å². The molecule has 0 bridgehead atoms. The lowest BCUT2D eigenvalue weighted by molar-refractivity contribution is -0.145. The van der Waals surface area contributed by atoms with E-state index in [1.807, 2.05) is 0 Å². The molecule has 0 amide bonds. The van der Waals surface area contributed by atoms with E-state index in [-0.39, 0.29) is 28.8 Å². The third-order valence-electron chi connectivity index (χ3n) is 3.22. The Hall–Kier alpha value is -2.76. The molecule has 3 heterocycles. The maximum Gasteiger partial charge on any atom is 0.451 e. The second-order valence-electron chi connectivity index (χ2n) is 5.19. The van der Waals surface area contributed by atoms with E-state index >= 15 is 0 Å². The molecule has 0 unspecified atom stereocenters. The van der Waals surface area contributed by atoms with Crippen LogP contribution in [0.5, 0.6) is 0 Å². The lowest BCUT2D eigenvalue weighted by Crippen LogP contribution is -2.11. The number of hydrogen-bond acceptors (Lipinski definition) is 5. The molecule has 3 aromatic heterocycles. The van der Waals surface area contributed by atoms with Gasteiger partial charge in [0.25, 0.3) is 0 Å². The molecule has 0 aromatic carbocycles. The highest BCUT2D eigenvalue weighted by atomic mass is 35.5. The molecule has 0 fully saturated rings. The highest BCUT2D eigenvalue weighted by molar-refractivity contribution is 6.30. The van der Waals surface area contributed by atoms with Gasteiger partial charge in [0, 0.05) is 31.0 Å². The molecule has 3 aromatic rings. The summed E-state index contributed by atoms with van der Waals surface area (Å²) in [6.45, 7) is -0.226. The Kier molecular flexibility index (Phi) is 4.76. The van der Waals surface area contributed by atoms with Crippen LogP contribution >= 0.6 is 11.6 Å². The summed E-state index contributed by atoms with van der Waals surface area (Å²) in [5.74, 6) is -1.57. The quantitative estimate of drug-likeness (QED) is 0.615. The van der Waals surface area contributed by atoms with Gasteiger partial charge in [-0.1, -0.05) is 11.6 Å². The molecule has 0 saturated carbocycles. The van der Waals surface area contributed by atoms with Crippen LogP contribution in [-0.4, -0.2) is 29.5 Å². The summed E-state index contributed by atoms with van der Waals surface area (Å²) >= 11 is 5.66. The molecule has 13 heteroatoms. The number of halogens is 7. The van der Waals surface area contributed by atoms with E-state index in [0.717, 1.165) is 17.0 Å². The Bertz CT molecular complexity index is 933. The van der Waals surface area contributed by atoms with Crippen molar-refractivity contribution in [1.82, 2.24) is 29.5 Å². The van der Waals surface area contributed by atoms with Crippen molar-refractivity contribution in [3.8, 4) is 11.4 Å². The van der Waals surface area contributed by atoms with E-state index in [4.69, 9.17) is 11.6 Å². The smallest absolute Gasteiger partial charge is 0.323 e. The van der Waals surface area contributed by atoms with Crippen LogP contribution in [0.2, 0.25) is 5.02 Å². The van der Waals surface area contributed by atoms with Gasteiger partial charge in [-0.25, -0.2) is 24.9 Å². The molecule has 0 saturated heterocycles. The SMILES string of the molecule is FC(F)(F)c1cn(Cc2ncc(Cl)cn2)c(-c2cnc(C(F)(F)F)nc2)n1. The van der Waals surface area contributed by atoms with Crippen molar-refractivity contribution < 1.29 is 26.3 Å². The van der Waals surface area contributed by atoms with Crippen molar-refractivity contribution in [2.45, 2.75) is 18.9 Å². The standard InChI is InChI=1S/C14H7ClF6N6/c15-8-3-22-10(23-4-8)6-27-5-9(13(16,17)18)26-11(27)7-1-24-12(25-2-7)14(19,20)21/h1-5H,6H2. The third-order valence-corrected chi connectivity index (χ3v) is 3.41. The van der Waals surface area contributed by atoms with Crippen molar-refractivity contribution in [2.24, 2.45) is 0 Å². The Morgan fingerprint density at radius 3 is 1.96 bits per heavy atom. The van der Waals surface area contributed by atoms with Crippen LogP contribution in [0, 0.1) is 0 Å². The summed E-state index contributed by atoms with van der Waals surface area (Å²) < 4.78 is 77.7. The minimum absolute atomic E-state index is 0.125. The van der Waals surface area contributed by atoms with Gasteiger partial charge in [-0.3, -0.25) is 0 Å². The number of imidazole rings is 1. The first-order valence-electron chi connectivity index (χ1n) is 7.04. The average Bonchev–Trinajstić information content (AvgIpc) is 3.00. The average molecular weight is 409 g/mol. The van der Waals surface area contributed by atoms with Crippen molar-refractivity contribution in [3.63, 3.8) is 0 Å². The molecule has 0 atom stereocenters. The maximum atomic E-state index is 13.0. The van der Waals surface area contributed by atoms with Crippen LogP contribution in [0.4, 0.5) is 26.3 Å². The van der Waals surface area contributed by atoms with Crippen LogP contribution in [0.15, 0.2) is 31.0 Å². The van der Waals surface area contributed by atoms with E-state index in [9.17, 15) is 26.3 Å². The Morgan fingerprint density at radius 1 is 0.852 bits per heavy atom. The normalized spacial score (nSPS) is 12.4. The molecule has 0 N–H and O–H groups in total. The van der Waals surface area contributed by atoms with Crippen LogP contribution in [0.1, 0.15) is 17.3 Å². The van der Waals surface area contributed by atoms with Gasteiger partial charge in [0.2, 0.25) is 5.82 Å². The molecule has 3 rings (SSSR count). The van der Waals surface area contributed by atoms with E-state index in [2.05, 4.69) is 24.9 Å². The number of aromatic nitrogens is 6. The third kappa shape index (κ3) is 4.32. The molecule has 0 spiro atoms. The maximum absolute atomic E-state index is 13.0. The van der Waals surface area contributed by atoms with Gasteiger partial charge in [-0.15, -0.1) is 0 Å². The highest BCUT2D eigenvalue weighted by Gasteiger charge is 2.36. The molecule has 0 aliphatic heterocycles. The minimum Gasteiger partial charge on any atom is -0.323 e. The van der Waals surface area contributed by atoms with Gasteiger partial charge in [0.05, 0.1) is 17.1 Å². The van der Waals surface area contributed by atoms with Crippen LogP contribution in [0.25, 0.3) is 11.4 Å². The molecular formula is C14H7ClF6N6. The Balaban J connectivity index is 2.02. The van der Waals surface area contributed by atoms with Crippen LogP contribution < -0.4 is 0 Å². The first-order chi connectivity index (χ1) is 12.5. The minimum atomic E-state index is -4.78. The predicted molar refractivity (Wildman–Crippen MR) is 79.4 cm³/mol. The van der Waals surface area contributed by atoms with Crippen molar-refractivity contribution >= 4 is 11.6 Å². The highest BCUT2D eigenvalue weighted by Crippen LogP contribution is 2.32. The van der Waals surface area contributed by atoms with E-state index in [0.29, 0.717) is 6.20 Å². The fraction of sp³-hybridized carbons (Fsp3) is 0.214. The van der Waals surface area contributed by atoms with E-state index in [1.54, 1.807) is 0 Å². The number of nitrogens with zero attached hydrogens (tertiary/aromatic N) is 6. The zero-order valence-corrected chi connectivity index (χ0v) is 13.7. The van der Waals surface area contributed by atoms with Gasteiger partial charge in [0.1, 0.15) is 11.6 Å². The molecule has 6 nitrogen and oxygen atoms in total. The van der Waals surface area contributed by atoms with Crippen molar-refractivity contribution in [2.75, 3.05) is 0 Å². The van der Waals surface area contributed by atoms with E-state index in [1.165, 1.54) is 12.4 Å². The summed E-state index contributed by atoms with van der Waals surface area (Å²) in [6.07, 6.45) is -4.82. The Labute approximate surface area is 151 Å². The number of hydrogen-bond donors (Lipinski definition) is 0. The second kappa shape index (κ2) is 6.76. The van der Waals surface area contributed by atoms with E-state index < -0.39 is 23.9 Å². The van der Waals surface area contributed by atoms with Gasteiger partial charge >= 0.3 is 12.4 Å². The molecule has 0 aliphatic rings. The molecular weight excluding hydrogens is 402 g/mol. The summed E-state index contributed by atoms with van der Waals surface area (Å²) in [6, 6.07) is 0. The zero-order valence-electron chi connectivity index (χ0n) is 12.9. The monoisotopic (exact) mass is 408 g/mol. The second-order valence-corrected chi connectivity index (χ2v) is 5.62. The molecule has 27 heavy (non-hydrogen) atoms. The molecule has 0 radical (unpaired) electrons. The summed E-state index contributed by atoms with van der Waals surface area (Å²) in [7, 11) is 0. The number of alkyl halides is 6. The first-order valence-corrected chi connectivity index (χ1v) is 7.42. The predicted octanol–water partition coefficient (Wildman–Crippen LogP) is 3.87. The fourth-order valence-corrected chi connectivity index (χ4v) is 2.16. The van der Waals surface area contributed by atoms with Crippen LogP contribution in [0.3, 0.4) is 0 Å².